The van der Waals surface area contributed by atoms with Gasteiger partial charge in [-0.05, 0) is 13.0 Å². The SMILES string of the molecule is CCCCCCCCN[C@H](O)[C@@H](N)COC(=O)CN. The maximum atomic E-state index is 10.8. The van der Waals surface area contributed by atoms with Crippen molar-refractivity contribution < 1.29 is 14.6 Å². The van der Waals surface area contributed by atoms with Gasteiger partial charge in [0.25, 0.3) is 0 Å². The van der Waals surface area contributed by atoms with Gasteiger partial charge in [-0.1, -0.05) is 39.0 Å². The number of nitrogens with one attached hydrogen (secondary N) is 1. The fourth-order valence-electron chi connectivity index (χ4n) is 1.65. The van der Waals surface area contributed by atoms with Gasteiger partial charge in [0.15, 0.2) is 0 Å². The van der Waals surface area contributed by atoms with E-state index in [1.807, 2.05) is 0 Å². The molecule has 114 valence electrons. The molecular weight excluding hydrogens is 246 g/mol. The van der Waals surface area contributed by atoms with E-state index in [-0.39, 0.29) is 13.2 Å². The smallest absolute Gasteiger partial charge is 0.319 e. The largest absolute Gasteiger partial charge is 0.463 e. The number of hydrogen-bond donors (Lipinski definition) is 4. The molecule has 0 aromatic carbocycles. The molecule has 0 rings (SSSR count). The molecule has 0 aliphatic rings. The Morgan fingerprint density at radius 3 is 2.53 bits per heavy atom. The summed E-state index contributed by atoms with van der Waals surface area (Å²) in [5.41, 5.74) is 10.8. The molecule has 6 N–H and O–H groups in total. The van der Waals surface area contributed by atoms with Crippen molar-refractivity contribution in [1.29, 1.82) is 0 Å². The minimum absolute atomic E-state index is 0.0271. The number of carbonyl (C=O) groups excluding carboxylic acids is 1. The van der Waals surface area contributed by atoms with Crippen LogP contribution in [0.15, 0.2) is 0 Å². The van der Waals surface area contributed by atoms with Crippen LogP contribution >= 0.6 is 0 Å². The normalized spacial score (nSPS) is 14.1. The molecule has 0 spiro atoms. The van der Waals surface area contributed by atoms with Gasteiger partial charge in [-0.25, -0.2) is 0 Å². The third-order valence-electron chi connectivity index (χ3n) is 2.89. The van der Waals surface area contributed by atoms with Crippen molar-refractivity contribution in [1.82, 2.24) is 5.32 Å². The highest BCUT2D eigenvalue weighted by Crippen LogP contribution is 2.04. The second kappa shape index (κ2) is 12.3. The molecule has 0 heterocycles. The van der Waals surface area contributed by atoms with Crippen molar-refractivity contribution in [3.05, 3.63) is 0 Å². The lowest BCUT2D eigenvalue weighted by Crippen LogP contribution is -2.48. The molecule has 0 radical (unpaired) electrons. The highest BCUT2D eigenvalue weighted by Gasteiger charge is 2.15. The fourth-order valence-corrected chi connectivity index (χ4v) is 1.65. The predicted molar refractivity (Wildman–Crippen MR) is 75.4 cm³/mol. The fraction of sp³-hybridized carbons (Fsp3) is 0.923. The van der Waals surface area contributed by atoms with E-state index in [9.17, 15) is 9.90 Å². The summed E-state index contributed by atoms with van der Waals surface area (Å²) < 4.78 is 4.76. The van der Waals surface area contributed by atoms with Crippen molar-refractivity contribution in [2.75, 3.05) is 19.7 Å². The number of aliphatic hydroxyl groups excluding tert-OH is 1. The van der Waals surface area contributed by atoms with Gasteiger partial charge in [0.2, 0.25) is 0 Å². The van der Waals surface area contributed by atoms with Crippen molar-refractivity contribution in [3.8, 4) is 0 Å². The number of nitrogens with two attached hydrogens (primary N) is 2. The molecule has 0 bridgehead atoms. The summed E-state index contributed by atoms with van der Waals surface area (Å²) in [5.74, 6) is -0.515. The summed E-state index contributed by atoms with van der Waals surface area (Å²) in [6.07, 6.45) is 6.33. The molecule has 0 unspecified atom stereocenters. The van der Waals surface area contributed by atoms with Gasteiger partial charge in [-0.2, -0.15) is 0 Å². The standard InChI is InChI=1S/C13H29N3O3/c1-2-3-4-5-6-7-8-16-13(18)11(15)10-19-12(17)9-14/h11,13,16,18H,2-10,14-15H2,1H3/t11-,13+/m0/s1. The van der Waals surface area contributed by atoms with Crippen LogP contribution in [-0.4, -0.2) is 43.0 Å². The first-order valence-corrected chi connectivity index (χ1v) is 7.14. The highest BCUT2D eigenvalue weighted by molar-refractivity contribution is 5.71. The Balaban J connectivity index is 3.46. The van der Waals surface area contributed by atoms with Crippen LogP contribution in [0.4, 0.5) is 0 Å². The number of hydrogen-bond acceptors (Lipinski definition) is 6. The summed E-state index contributed by atoms with van der Waals surface area (Å²) in [7, 11) is 0. The molecule has 6 heteroatoms. The molecule has 19 heavy (non-hydrogen) atoms. The number of ether oxygens (including phenoxy) is 1. The number of rotatable bonds is 12. The Morgan fingerprint density at radius 1 is 1.26 bits per heavy atom. The van der Waals surface area contributed by atoms with E-state index in [1.165, 1.54) is 25.7 Å². The van der Waals surface area contributed by atoms with Crippen molar-refractivity contribution in [2.24, 2.45) is 11.5 Å². The minimum Gasteiger partial charge on any atom is -0.463 e. The molecule has 0 aromatic rings. The lowest BCUT2D eigenvalue weighted by atomic mass is 10.1. The molecule has 0 fully saturated rings. The Labute approximate surface area is 115 Å². The minimum atomic E-state index is -0.860. The topological polar surface area (TPSA) is 111 Å². The first-order valence-electron chi connectivity index (χ1n) is 7.14. The Kier molecular flexibility index (Phi) is 11.9. The average molecular weight is 275 g/mol. The van der Waals surface area contributed by atoms with Crippen LogP contribution in [0, 0.1) is 0 Å². The first kappa shape index (κ1) is 18.3. The molecule has 0 aromatic heterocycles. The molecule has 0 aliphatic heterocycles. The third kappa shape index (κ3) is 10.9. The number of aliphatic hydroxyl groups is 1. The average Bonchev–Trinajstić information content (AvgIpc) is 2.42. The maximum Gasteiger partial charge on any atom is 0.319 e. The Morgan fingerprint density at radius 2 is 1.89 bits per heavy atom. The zero-order valence-corrected chi connectivity index (χ0v) is 11.9. The van der Waals surface area contributed by atoms with E-state index in [0.717, 1.165) is 12.8 Å². The second-order valence-electron chi connectivity index (χ2n) is 4.72. The van der Waals surface area contributed by atoms with Crippen LogP contribution in [0.1, 0.15) is 45.4 Å². The van der Waals surface area contributed by atoms with E-state index < -0.39 is 18.2 Å². The van der Waals surface area contributed by atoms with Crippen LogP contribution in [0.5, 0.6) is 0 Å². The third-order valence-corrected chi connectivity index (χ3v) is 2.89. The van der Waals surface area contributed by atoms with Crippen molar-refractivity contribution >= 4 is 5.97 Å². The Bertz CT molecular complexity index is 227. The van der Waals surface area contributed by atoms with Crippen LogP contribution in [-0.2, 0) is 9.53 Å². The summed E-state index contributed by atoms with van der Waals surface area (Å²) >= 11 is 0. The van der Waals surface area contributed by atoms with Crippen LogP contribution in [0.25, 0.3) is 0 Å². The number of esters is 1. The lowest BCUT2D eigenvalue weighted by Gasteiger charge is -2.19. The molecule has 0 amide bonds. The van der Waals surface area contributed by atoms with E-state index in [4.69, 9.17) is 16.2 Å². The van der Waals surface area contributed by atoms with Crippen LogP contribution in [0.2, 0.25) is 0 Å². The lowest BCUT2D eigenvalue weighted by molar-refractivity contribution is -0.143. The van der Waals surface area contributed by atoms with Crippen LogP contribution in [0.3, 0.4) is 0 Å². The summed E-state index contributed by atoms with van der Waals surface area (Å²) in [5, 5.41) is 12.6. The van der Waals surface area contributed by atoms with Gasteiger partial charge in [0.1, 0.15) is 12.8 Å². The molecule has 2 atom stereocenters. The van der Waals surface area contributed by atoms with Gasteiger partial charge in [0.05, 0.1) is 12.6 Å². The van der Waals surface area contributed by atoms with Gasteiger partial charge in [-0.15, -0.1) is 0 Å². The molecule has 6 nitrogen and oxygen atoms in total. The van der Waals surface area contributed by atoms with E-state index in [1.54, 1.807) is 0 Å². The molecular formula is C13H29N3O3. The summed E-state index contributed by atoms with van der Waals surface area (Å²) in [6.45, 7) is 2.71. The van der Waals surface area contributed by atoms with Gasteiger partial charge < -0.3 is 21.3 Å². The van der Waals surface area contributed by atoms with Crippen molar-refractivity contribution in [2.45, 2.75) is 57.7 Å². The zero-order chi connectivity index (χ0) is 14.5. The first-order chi connectivity index (χ1) is 9.11. The van der Waals surface area contributed by atoms with Crippen molar-refractivity contribution in [3.63, 3.8) is 0 Å². The number of carbonyl (C=O) groups is 1. The predicted octanol–water partition coefficient (Wildman–Crippen LogP) is 0.0841. The van der Waals surface area contributed by atoms with Gasteiger partial charge in [0, 0.05) is 0 Å². The number of unbranched alkanes of at least 4 members (excludes halogenated alkanes) is 5. The highest BCUT2D eigenvalue weighted by atomic mass is 16.5. The quantitative estimate of drug-likeness (QED) is 0.228. The second-order valence-corrected chi connectivity index (χ2v) is 4.72. The molecule has 0 aliphatic carbocycles. The molecule has 0 saturated carbocycles. The van der Waals surface area contributed by atoms with E-state index in [2.05, 4.69) is 12.2 Å². The summed E-state index contributed by atoms with van der Waals surface area (Å²) in [6, 6.07) is -0.629. The molecule has 0 saturated heterocycles. The van der Waals surface area contributed by atoms with Gasteiger partial charge in [-0.3, -0.25) is 10.1 Å². The summed E-state index contributed by atoms with van der Waals surface area (Å²) in [4.78, 5) is 10.8. The van der Waals surface area contributed by atoms with E-state index >= 15 is 0 Å². The zero-order valence-electron chi connectivity index (χ0n) is 11.9. The van der Waals surface area contributed by atoms with E-state index in [0.29, 0.717) is 6.54 Å². The Hall–Kier alpha value is -0.690. The monoisotopic (exact) mass is 275 g/mol. The van der Waals surface area contributed by atoms with Crippen LogP contribution < -0.4 is 16.8 Å². The maximum absolute atomic E-state index is 10.8. The van der Waals surface area contributed by atoms with Gasteiger partial charge >= 0.3 is 5.97 Å².